The Kier molecular flexibility index (Phi) is 3.31. The minimum Gasteiger partial charge on any atom is -0.462 e. The lowest BCUT2D eigenvalue weighted by Crippen LogP contribution is -2.44. The fourth-order valence-corrected chi connectivity index (χ4v) is 1.32. The smallest absolute Gasteiger partial charge is 0.350 e. The Balaban J connectivity index is 2.81. The lowest BCUT2D eigenvalue weighted by atomic mass is 9.89. The van der Waals surface area contributed by atoms with E-state index in [1.165, 1.54) is 0 Å². The van der Waals surface area contributed by atoms with Crippen LogP contribution in [0.4, 0.5) is 0 Å². The van der Waals surface area contributed by atoms with Gasteiger partial charge in [0.15, 0.2) is 0 Å². The Morgan fingerprint density at radius 2 is 2.19 bits per heavy atom. The first kappa shape index (κ1) is 13.0. The Bertz CT molecular complexity index is 308. The van der Waals surface area contributed by atoms with Crippen molar-refractivity contribution in [2.75, 3.05) is 6.61 Å². The summed E-state index contributed by atoms with van der Waals surface area (Å²) in [5.41, 5.74) is -1.69. The zero-order chi connectivity index (χ0) is 12.6. The molecule has 0 aromatic rings. The maximum atomic E-state index is 11.9. The van der Waals surface area contributed by atoms with E-state index >= 15 is 0 Å². The van der Waals surface area contributed by atoms with Gasteiger partial charge in [-0.15, -0.1) is 0 Å². The van der Waals surface area contributed by atoms with Crippen LogP contribution in [0.25, 0.3) is 0 Å². The van der Waals surface area contributed by atoms with Gasteiger partial charge in [-0.05, 0) is 27.2 Å². The summed E-state index contributed by atoms with van der Waals surface area (Å²) in [6, 6.07) is 0. The van der Waals surface area contributed by atoms with Gasteiger partial charge in [-0.25, -0.2) is 4.79 Å². The van der Waals surface area contributed by atoms with Crippen molar-refractivity contribution < 1.29 is 19.1 Å². The molecule has 16 heavy (non-hydrogen) atoms. The van der Waals surface area contributed by atoms with Crippen LogP contribution in [0.5, 0.6) is 0 Å². The van der Waals surface area contributed by atoms with Crippen LogP contribution in [0.1, 0.15) is 41.0 Å². The molecule has 0 radical (unpaired) electrons. The number of ether oxygens (including phenoxy) is 2. The molecule has 1 aliphatic rings. The molecule has 92 valence electrons. The molecule has 0 aromatic heterocycles. The first-order valence-corrected chi connectivity index (χ1v) is 5.64. The van der Waals surface area contributed by atoms with E-state index in [1.807, 2.05) is 27.7 Å². The Hall–Kier alpha value is -1.06. The van der Waals surface area contributed by atoms with Gasteiger partial charge in [0.05, 0.1) is 12.0 Å². The molecule has 4 nitrogen and oxygen atoms in total. The minimum atomic E-state index is -1.12. The molecule has 1 fully saturated rings. The third-order valence-corrected chi connectivity index (χ3v) is 3.55. The van der Waals surface area contributed by atoms with E-state index in [1.54, 1.807) is 6.92 Å². The molecule has 0 N–H and O–H groups in total. The average Bonchev–Trinajstić information content (AvgIpc) is 2.46. The van der Waals surface area contributed by atoms with Crippen molar-refractivity contribution in [3.8, 4) is 0 Å². The third kappa shape index (κ3) is 2.06. The molecule has 1 rings (SSSR count). The first-order chi connectivity index (χ1) is 7.24. The summed E-state index contributed by atoms with van der Waals surface area (Å²) < 4.78 is 10.3. The quantitative estimate of drug-likeness (QED) is 0.692. The van der Waals surface area contributed by atoms with Crippen LogP contribution in [-0.4, -0.2) is 24.1 Å². The molecule has 0 spiro atoms. The van der Waals surface area contributed by atoms with Gasteiger partial charge in [-0.1, -0.05) is 13.8 Å². The summed E-state index contributed by atoms with van der Waals surface area (Å²) in [6.07, 6.45) is 0.672. The Morgan fingerprint density at radius 3 is 2.56 bits per heavy atom. The molecule has 2 unspecified atom stereocenters. The average molecular weight is 228 g/mol. The van der Waals surface area contributed by atoms with Gasteiger partial charge in [0.25, 0.3) is 0 Å². The molecule has 0 saturated carbocycles. The highest BCUT2D eigenvalue weighted by atomic mass is 16.6. The number of carbonyl (C=O) groups is 2. The van der Waals surface area contributed by atoms with Crippen molar-refractivity contribution in [2.45, 2.75) is 46.6 Å². The van der Waals surface area contributed by atoms with Crippen molar-refractivity contribution >= 4 is 11.9 Å². The number of hydrogen-bond acceptors (Lipinski definition) is 4. The highest BCUT2D eigenvalue weighted by molar-refractivity contribution is 5.86. The summed E-state index contributed by atoms with van der Waals surface area (Å²) >= 11 is 0. The second kappa shape index (κ2) is 4.07. The van der Waals surface area contributed by atoms with Crippen LogP contribution in [0.2, 0.25) is 0 Å². The van der Waals surface area contributed by atoms with Crippen LogP contribution in [-0.2, 0) is 19.1 Å². The number of esters is 2. The van der Waals surface area contributed by atoms with Gasteiger partial charge in [-0.2, -0.15) is 0 Å². The van der Waals surface area contributed by atoms with E-state index in [2.05, 4.69) is 0 Å². The van der Waals surface area contributed by atoms with Gasteiger partial charge in [0.2, 0.25) is 5.60 Å². The molecule has 0 bridgehead atoms. The number of carbonyl (C=O) groups excluding carboxylic acids is 2. The minimum absolute atomic E-state index is 0.100. The molecule has 0 aliphatic carbocycles. The molecule has 0 amide bonds. The lowest BCUT2D eigenvalue weighted by molar-refractivity contribution is -0.180. The van der Waals surface area contributed by atoms with Crippen LogP contribution < -0.4 is 0 Å². The van der Waals surface area contributed by atoms with Gasteiger partial charge in [0.1, 0.15) is 0 Å². The molecular weight excluding hydrogens is 208 g/mol. The maximum absolute atomic E-state index is 11.9. The van der Waals surface area contributed by atoms with E-state index in [4.69, 9.17) is 9.47 Å². The summed E-state index contributed by atoms with van der Waals surface area (Å²) in [4.78, 5) is 23.5. The van der Waals surface area contributed by atoms with Crippen LogP contribution in [0.3, 0.4) is 0 Å². The maximum Gasteiger partial charge on any atom is 0.350 e. The van der Waals surface area contributed by atoms with E-state index in [0.29, 0.717) is 13.0 Å². The first-order valence-electron chi connectivity index (χ1n) is 5.64. The van der Waals surface area contributed by atoms with Gasteiger partial charge >= 0.3 is 11.9 Å². The zero-order valence-electron chi connectivity index (χ0n) is 10.6. The fraction of sp³-hybridized carbons (Fsp3) is 0.833. The van der Waals surface area contributed by atoms with Gasteiger partial charge < -0.3 is 9.47 Å². The second-order valence-corrected chi connectivity index (χ2v) is 5.23. The summed E-state index contributed by atoms with van der Waals surface area (Å²) in [7, 11) is 0. The summed E-state index contributed by atoms with van der Waals surface area (Å²) in [6.45, 7) is 9.32. The molecule has 2 atom stereocenters. The number of rotatable bonds is 3. The van der Waals surface area contributed by atoms with Crippen molar-refractivity contribution in [3.05, 3.63) is 0 Å². The summed E-state index contributed by atoms with van der Waals surface area (Å²) in [5, 5.41) is 0. The lowest BCUT2D eigenvalue weighted by Gasteiger charge is -2.29. The SMILES string of the molecule is CCC(C)(C)C(=O)OC1(C)C(=O)OCC1C. The Labute approximate surface area is 96.3 Å². The standard InChI is InChI=1S/C12H20O4/c1-6-11(3,4)9(13)16-12(5)8(2)7-15-10(12)14/h8H,6-7H2,1-5H3. The van der Waals surface area contributed by atoms with Crippen molar-refractivity contribution in [3.63, 3.8) is 0 Å². The van der Waals surface area contributed by atoms with Crippen LogP contribution in [0.15, 0.2) is 0 Å². The van der Waals surface area contributed by atoms with Crippen molar-refractivity contribution in [2.24, 2.45) is 11.3 Å². The summed E-state index contributed by atoms with van der Waals surface area (Å²) in [5.74, 6) is -0.889. The van der Waals surface area contributed by atoms with Gasteiger partial charge in [0, 0.05) is 5.92 Å². The molecule has 4 heteroatoms. The monoisotopic (exact) mass is 228 g/mol. The third-order valence-electron chi connectivity index (χ3n) is 3.55. The van der Waals surface area contributed by atoms with Crippen molar-refractivity contribution in [1.82, 2.24) is 0 Å². The highest BCUT2D eigenvalue weighted by Gasteiger charge is 2.51. The molecule has 0 aromatic carbocycles. The normalized spacial score (nSPS) is 30.1. The molecule has 1 heterocycles. The highest BCUT2D eigenvalue weighted by Crippen LogP contribution is 2.33. The van der Waals surface area contributed by atoms with E-state index in [-0.39, 0.29) is 11.9 Å². The topological polar surface area (TPSA) is 52.6 Å². The molecule has 1 saturated heterocycles. The number of cyclic esters (lactones) is 1. The fourth-order valence-electron chi connectivity index (χ4n) is 1.32. The Morgan fingerprint density at radius 1 is 1.62 bits per heavy atom. The van der Waals surface area contributed by atoms with E-state index < -0.39 is 17.0 Å². The zero-order valence-corrected chi connectivity index (χ0v) is 10.6. The van der Waals surface area contributed by atoms with Crippen molar-refractivity contribution in [1.29, 1.82) is 0 Å². The second-order valence-electron chi connectivity index (χ2n) is 5.23. The molecular formula is C12H20O4. The van der Waals surface area contributed by atoms with E-state index in [9.17, 15) is 9.59 Å². The van der Waals surface area contributed by atoms with Crippen LogP contribution >= 0.6 is 0 Å². The predicted octanol–water partition coefficient (Wildman–Crippen LogP) is 1.92. The van der Waals surface area contributed by atoms with E-state index in [0.717, 1.165) is 0 Å². The number of hydrogen-bond donors (Lipinski definition) is 0. The molecule has 1 aliphatic heterocycles. The van der Waals surface area contributed by atoms with Crippen LogP contribution in [0, 0.1) is 11.3 Å². The van der Waals surface area contributed by atoms with Gasteiger partial charge in [-0.3, -0.25) is 4.79 Å². The predicted molar refractivity (Wildman–Crippen MR) is 58.7 cm³/mol. The largest absolute Gasteiger partial charge is 0.462 e.